The smallest absolute Gasteiger partial charge is 0.200 e. The Kier molecular flexibility index (Phi) is 3.07. The predicted molar refractivity (Wildman–Crippen MR) is 50.3 cm³/mol. The van der Waals surface area contributed by atoms with E-state index < -0.39 is 23.8 Å². The van der Waals surface area contributed by atoms with Crippen LogP contribution >= 0.6 is 0 Å². The molecule has 84 valence electrons. The van der Waals surface area contributed by atoms with Crippen LogP contribution in [0.5, 0.6) is 0 Å². The predicted octanol–water partition coefficient (Wildman–Crippen LogP) is 4.13. The average molecular weight is 220 g/mol. The number of benzene rings is 1. The summed E-state index contributed by atoms with van der Waals surface area (Å²) in [5.41, 5.74) is -0.0894. The topological polar surface area (TPSA) is 0 Å². The van der Waals surface area contributed by atoms with Crippen molar-refractivity contribution < 1.29 is 17.6 Å². The lowest BCUT2D eigenvalue weighted by Gasteiger charge is -2.25. The second kappa shape index (κ2) is 3.83. The normalized spacial score (nSPS) is 12.9. The van der Waals surface area contributed by atoms with E-state index in [0.717, 1.165) is 19.1 Å². The maximum Gasteiger partial charge on any atom is 0.335 e. The van der Waals surface area contributed by atoms with Crippen LogP contribution in [0.2, 0.25) is 0 Å². The lowest BCUT2D eigenvalue weighted by atomic mass is 9.99. The average Bonchev–Trinajstić information content (AvgIpc) is 2.17. The standard InChI is InChI=1S/C11H12F4/c1-3-10(12,13)11(14,15)9-6-4-5-8(2)7-9/h4-7H,3H2,1-2H3. The minimum Gasteiger partial charge on any atom is -0.200 e. The molecule has 0 saturated heterocycles. The van der Waals surface area contributed by atoms with E-state index in [1.165, 1.54) is 6.07 Å². The molecule has 0 aliphatic rings. The van der Waals surface area contributed by atoms with E-state index in [1.807, 2.05) is 0 Å². The summed E-state index contributed by atoms with van der Waals surface area (Å²) < 4.78 is 52.7. The molecule has 0 radical (unpaired) electrons. The van der Waals surface area contributed by atoms with Crippen molar-refractivity contribution >= 4 is 0 Å². The number of halogens is 4. The van der Waals surface area contributed by atoms with Gasteiger partial charge in [-0.2, -0.15) is 17.6 Å². The van der Waals surface area contributed by atoms with E-state index in [1.54, 1.807) is 13.0 Å². The van der Waals surface area contributed by atoms with Crippen LogP contribution in [0.15, 0.2) is 24.3 Å². The molecule has 0 heterocycles. The molecule has 0 atom stereocenters. The molecular formula is C11H12F4. The van der Waals surface area contributed by atoms with Crippen molar-refractivity contribution in [3.8, 4) is 0 Å². The van der Waals surface area contributed by atoms with Crippen LogP contribution in [0, 0.1) is 6.92 Å². The minimum absolute atomic E-state index is 0.541. The summed E-state index contributed by atoms with van der Waals surface area (Å²) in [6.07, 6.45) is -0.881. The third-order valence-corrected chi connectivity index (χ3v) is 2.28. The van der Waals surface area contributed by atoms with Crippen molar-refractivity contribution in [1.29, 1.82) is 0 Å². The maximum atomic E-state index is 13.4. The van der Waals surface area contributed by atoms with Gasteiger partial charge in [0.2, 0.25) is 0 Å². The van der Waals surface area contributed by atoms with Gasteiger partial charge < -0.3 is 0 Å². The Bertz CT molecular complexity index is 344. The van der Waals surface area contributed by atoms with E-state index in [0.29, 0.717) is 5.56 Å². The van der Waals surface area contributed by atoms with Crippen molar-refractivity contribution in [3.05, 3.63) is 35.4 Å². The maximum absolute atomic E-state index is 13.4. The van der Waals surface area contributed by atoms with Crippen LogP contribution in [0.4, 0.5) is 17.6 Å². The Labute approximate surface area is 85.9 Å². The molecule has 0 nitrogen and oxygen atoms in total. The molecule has 0 unspecified atom stereocenters. The first-order chi connectivity index (χ1) is 6.81. The fourth-order valence-corrected chi connectivity index (χ4v) is 1.27. The first kappa shape index (κ1) is 12.0. The second-order valence-electron chi connectivity index (χ2n) is 3.50. The highest BCUT2D eigenvalue weighted by atomic mass is 19.3. The van der Waals surface area contributed by atoms with Crippen LogP contribution in [0.25, 0.3) is 0 Å². The van der Waals surface area contributed by atoms with Gasteiger partial charge >= 0.3 is 11.8 Å². The Balaban J connectivity index is 3.16. The molecule has 0 spiro atoms. The van der Waals surface area contributed by atoms with E-state index >= 15 is 0 Å². The molecule has 0 bridgehead atoms. The molecule has 1 aromatic carbocycles. The summed E-state index contributed by atoms with van der Waals surface area (Å²) >= 11 is 0. The van der Waals surface area contributed by atoms with E-state index in [2.05, 4.69) is 0 Å². The zero-order valence-electron chi connectivity index (χ0n) is 8.53. The molecular weight excluding hydrogens is 208 g/mol. The van der Waals surface area contributed by atoms with Gasteiger partial charge in [0.1, 0.15) is 0 Å². The number of rotatable bonds is 3. The van der Waals surface area contributed by atoms with Crippen molar-refractivity contribution in [1.82, 2.24) is 0 Å². The summed E-state index contributed by atoms with van der Waals surface area (Å²) in [7, 11) is 0. The summed E-state index contributed by atoms with van der Waals surface area (Å²) in [6.45, 7) is 2.63. The van der Waals surface area contributed by atoms with Gasteiger partial charge in [-0.25, -0.2) is 0 Å². The third-order valence-electron chi connectivity index (χ3n) is 2.28. The van der Waals surface area contributed by atoms with Crippen LogP contribution in [0.1, 0.15) is 24.5 Å². The lowest BCUT2D eigenvalue weighted by Crippen LogP contribution is -2.37. The highest BCUT2D eigenvalue weighted by Crippen LogP contribution is 2.44. The van der Waals surface area contributed by atoms with Crippen molar-refractivity contribution in [2.45, 2.75) is 32.1 Å². The van der Waals surface area contributed by atoms with Crippen LogP contribution in [0.3, 0.4) is 0 Å². The quantitative estimate of drug-likeness (QED) is 0.672. The first-order valence-electron chi connectivity index (χ1n) is 4.64. The summed E-state index contributed by atoms with van der Waals surface area (Å²) in [5, 5.41) is 0. The highest BCUT2D eigenvalue weighted by molar-refractivity contribution is 5.27. The zero-order chi connectivity index (χ0) is 11.7. The summed E-state index contributed by atoms with van der Waals surface area (Å²) in [6, 6.07) is 5.05. The Morgan fingerprint density at radius 1 is 1.13 bits per heavy atom. The minimum atomic E-state index is -4.10. The van der Waals surface area contributed by atoms with Gasteiger partial charge in [0.05, 0.1) is 0 Å². The Morgan fingerprint density at radius 2 is 1.73 bits per heavy atom. The summed E-state index contributed by atoms with van der Waals surface area (Å²) in [4.78, 5) is 0. The molecule has 0 saturated carbocycles. The number of alkyl halides is 4. The molecule has 1 rings (SSSR count). The molecule has 0 amide bonds. The van der Waals surface area contributed by atoms with Crippen LogP contribution in [-0.4, -0.2) is 5.92 Å². The SMILES string of the molecule is CCC(F)(F)C(F)(F)c1cccc(C)c1. The molecule has 15 heavy (non-hydrogen) atoms. The van der Waals surface area contributed by atoms with Gasteiger partial charge in [-0.3, -0.25) is 0 Å². The van der Waals surface area contributed by atoms with Gasteiger partial charge in [-0.15, -0.1) is 0 Å². The van der Waals surface area contributed by atoms with E-state index in [9.17, 15) is 17.6 Å². The molecule has 0 aliphatic heterocycles. The van der Waals surface area contributed by atoms with Crippen molar-refractivity contribution in [3.63, 3.8) is 0 Å². The van der Waals surface area contributed by atoms with Crippen LogP contribution in [-0.2, 0) is 5.92 Å². The van der Waals surface area contributed by atoms with Gasteiger partial charge in [0, 0.05) is 12.0 Å². The number of hydrogen-bond acceptors (Lipinski definition) is 0. The van der Waals surface area contributed by atoms with E-state index in [-0.39, 0.29) is 0 Å². The number of hydrogen-bond donors (Lipinski definition) is 0. The molecule has 0 fully saturated rings. The van der Waals surface area contributed by atoms with Crippen LogP contribution < -0.4 is 0 Å². The number of aryl methyl sites for hydroxylation is 1. The molecule has 4 heteroatoms. The second-order valence-corrected chi connectivity index (χ2v) is 3.50. The zero-order valence-corrected chi connectivity index (χ0v) is 8.53. The van der Waals surface area contributed by atoms with Crippen molar-refractivity contribution in [2.24, 2.45) is 0 Å². The highest BCUT2D eigenvalue weighted by Gasteiger charge is 2.55. The molecule has 0 N–H and O–H groups in total. The largest absolute Gasteiger partial charge is 0.335 e. The van der Waals surface area contributed by atoms with Gasteiger partial charge in [-0.1, -0.05) is 30.7 Å². The van der Waals surface area contributed by atoms with E-state index in [4.69, 9.17) is 0 Å². The van der Waals surface area contributed by atoms with Gasteiger partial charge in [0.25, 0.3) is 0 Å². The monoisotopic (exact) mass is 220 g/mol. The summed E-state index contributed by atoms with van der Waals surface area (Å²) in [5.74, 6) is -8.10. The van der Waals surface area contributed by atoms with Gasteiger partial charge in [0.15, 0.2) is 0 Å². The Hall–Kier alpha value is -1.06. The van der Waals surface area contributed by atoms with Crippen molar-refractivity contribution in [2.75, 3.05) is 0 Å². The Morgan fingerprint density at radius 3 is 2.20 bits per heavy atom. The fraction of sp³-hybridized carbons (Fsp3) is 0.455. The third kappa shape index (κ3) is 2.13. The molecule has 0 aliphatic carbocycles. The molecule has 1 aromatic rings. The molecule has 0 aromatic heterocycles. The fourth-order valence-electron chi connectivity index (χ4n) is 1.27. The lowest BCUT2D eigenvalue weighted by molar-refractivity contribution is -0.217. The first-order valence-corrected chi connectivity index (χ1v) is 4.64. The van der Waals surface area contributed by atoms with Gasteiger partial charge in [-0.05, 0) is 13.0 Å².